The lowest BCUT2D eigenvalue weighted by Gasteiger charge is -2.15. The Morgan fingerprint density at radius 3 is 2.79 bits per heavy atom. The first-order chi connectivity index (χ1) is 6.51. The molecule has 1 aromatic rings. The monoisotopic (exact) mass is 210 g/mol. The standard InChI is InChI=1S/C11H14O2S/c1-11(2,13)8-14-10-5-3-4-9(6-10)7-12/h3-7,13H,8H2,1-2H3. The van der Waals surface area contributed by atoms with E-state index in [1.807, 2.05) is 18.2 Å². The fourth-order valence-electron chi connectivity index (χ4n) is 0.938. The largest absolute Gasteiger partial charge is 0.390 e. The van der Waals surface area contributed by atoms with Gasteiger partial charge in [0.2, 0.25) is 0 Å². The van der Waals surface area contributed by atoms with Gasteiger partial charge in [-0.25, -0.2) is 0 Å². The molecule has 3 heteroatoms. The van der Waals surface area contributed by atoms with Gasteiger partial charge in [-0.3, -0.25) is 4.79 Å². The van der Waals surface area contributed by atoms with E-state index in [4.69, 9.17) is 0 Å². The fourth-order valence-corrected chi connectivity index (χ4v) is 1.85. The van der Waals surface area contributed by atoms with E-state index in [0.717, 1.165) is 11.2 Å². The summed E-state index contributed by atoms with van der Waals surface area (Å²) in [5.41, 5.74) is -0.00673. The molecule has 0 aromatic heterocycles. The lowest BCUT2D eigenvalue weighted by molar-refractivity contribution is 0.107. The Balaban J connectivity index is 2.63. The maximum Gasteiger partial charge on any atom is 0.150 e. The maximum absolute atomic E-state index is 10.5. The van der Waals surface area contributed by atoms with E-state index in [0.29, 0.717) is 11.3 Å². The SMILES string of the molecule is CC(C)(O)CSc1cccc(C=O)c1. The molecule has 2 nitrogen and oxygen atoms in total. The molecule has 76 valence electrons. The second-order valence-corrected chi connectivity index (χ2v) is 4.84. The van der Waals surface area contributed by atoms with E-state index < -0.39 is 5.60 Å². The van der Waals surface area contributed by atoms with Crippen LogP contribution in [0.2, 0.25) is 0 Å². The number of rotatable bonds is 4. The molecule has 0 bridgehead atoms. The molecular weight excluding hydrogens is 196 g/mol. The van der Waals surface area contributed by atoms with Crippen LogP contribution in [-0.4, -0.2) is 22.7 Å². The lowest BCUT2D eigenvalue weighted by Crippen LogP contribution is -2.21. The molecule has 0 spiro atoms. The minimum absolute atomic E-state index is 0.620. The van der Waals surface area contributed by atoms with Crippen molar-refractivity contribution in [3.63, 3.8) is 0 Å². The van der Waals surface area contributed by atoms with E-state index in [9.17, 15) is 9.90 Å². The van der Waals surface area contributed by atoms with Crippen LogP contribution >= 0.6 is 11.8 Å². The summed E-state index contributed by atoms with van der Waals surface area (Å²) in [7, 11) is 0. The second-order valence-electron chi connectivity index (χ2n) is 3.79. The molecule has 1 N–H and O–H groups in total. The highest BCUT2D eigenvalue weighted by molar-refractivity contribution is 7.99. The van der Waals surface area contributed by atoms with Gasteiger partial charge >= 0.3 is 0 Å². The first-order valence-corrected chi connectivity index (χ1v) is 5.40. The Hall–Kier alpha value is -0.800. The minimum atomic E-state index is -0.679. The topological polar surface area (TPSA) is 37.3 Å². The number of aliphatic hydroxyl groups is 1. The van der Waals surface area contributed by atoms with Crippen molar-refractivity contribution in [3.05, 3.63) is 29.8 Å². The van der Waals surface area contributed by atoms with Crippen molar-refractivity contribution in [2.75, 3.05) is 5.75 Å². The van der Waals surface area contributed by atoms with Crippen molar-refractivity contribution in [1.29, 1.82) is 0 Å². The molecule has 0 saturated carbocycles. The zero-order chi connectivity index (χ0) is 10.6. The van der Waals surface area contributed by atoms with Crippen molar-refractivity contribution >= 4 is 18.0 Å². The van der Waals surface area contributed by atoms with Crippen molar-refractivity contribution in [3.8, 4) is 0 Å². The number of carbonyl (C=O) groups excluding carboxylic acids is 1. The predicted octanol–water partition coefficient (Wildman–Crippen LogP) is 2.36. The Labute approximate surface area is 88.3 Å². The molecule has 0 aliphatic carbocycles. The number of hydrogen-bond donors (Lipinski definition) is 1. The van der Waals surface area contributed by atoms with E-state index in [2.05, 4.69) is 0 Å². The molecular formula is C11H14O2S. The molecule has 0 atom stereocenters. The summed E-state index contributed by atoms with van der Waals surface area (Å²) in [6, 6.07) is 7.37. The second kappa shape index (κ2) is 4.62. The molecule has 1 rings (SSSR count). The molecule has 0 unspecified atom stereocenters. The molecule has 0 amide bonds. The third-order valence-electron chi connectivity index (χ3n) is 1.59. The van der Waals surface area contributed by atoms with Gasteiger partial charge in [0, 0.05) is 16.2 Å². The summed E-state index contributed by atoms with van der Waals surface area (Å²) in [5.74, 6) is 0.620. The first kappa shape index (κ1) is 11.3. The van der Waals surface area contributed by atoms with Gasteiger partial charge in [-0.1, -0.05) is 12.1 Å². The van der Waals surface area contributed by atoms with Crippen LogP contribution in [0, 0.1) is 0 Å². The van der Waals surface area contributed by atoms with Crippen LogP contribution in [-0.2, 0) is 0 Å². The van der Waals surface area contributed by atoms with Crippen LogP contribution in [0.1, 0.15) is 24.2 Å². The summed E-state index contributed by atoms with van der Waals surface area (Å²) < 4.78 is 0. The number of hydrogen-bond acceptors (Lipinski definition) is 3. The van der Waals surface area contributed by atoms with Gasteiger partial charge in [-0.15, -0.1) is 11.8 Å². The highest BCUT2D eigenvalue weighted by Crippen LogP contribution is 2.22. The van der Waals surface area contributed by atoms with Crippen LogP contribution < -0.4 is 0 Å². The van der Waals surface area contributed by atoms with Crippen molar-refractivity contribution in [1.82, 2.24) is 0 Å². The number of benzene rings is 1. The molecule has 0 heterocycles. The van der Waals surface area contributed by atoms with E-state index >= 15 is 0 Å². The highest BCUT2D eigenvalue weighted by Gasteiger charge is 2.12. The van der Waals surface area contributed by atoms with Crippen LogP contribution in [0.3, 0.4) is 0 Å². The van der Waals surface area contributed by atoms with Gasteiger partial charge in [-0.05, 0) is 26.0 Å². The number of thioether (sulfide) groups is 1. The Morgan fingerprint density at radius 2 is 2.21 bits per heavy atom. The van der Waals surface area contributed by atoms with Crippen molar-refractivity contribution < 1.29 is 9.90 Å². The molecule has 0 aliphatic heterocycles. The third kappa shape index (κ3) is 3.94. The number of aldehydes is 1. The van der Waals surface area contributed by atoms with E-state index in [1.165, 1.54) is 0 Å². The fraction of sp³-hybridized carbons (Fsp3) is 0.364. The zero-order valence-corrected chi connectivity index (χ0v) is 9.17. The van der Waals surface area contributed by atoms with Crippen molar-refractivity contribution in [2.24, 2.45) is 0 Å². The first-order valence-electron chi connectivity index (χ1n) is 4.42. The molecule has 0 radical (unpaired) electrons. The minimum Gasteiger partial charge on any atom is -0.390 e. The predicted molar refractivity (Wildman–Crippen MR) is 58.9 cm³/mol. The highest BCUT2D eigenvalue weighted by atomic mass is 32.2. The van der Waals surface area contributed by atoms with Gasteiger partial charge in [0.05, 0.1) is 5.60 Å². The summed E-state index contributed by atoms with van der Waals surface area (Å²) in [5, 5.41) is 9.52. The molecule has 0 saturated heterocycles. The smallest absolute Gasteiger partial charge is 0.150 e. The quantitative estimate of drug-likeness (QED) is 0.612. The summed E-state index contributed by atoms with van der Waals surface area (Å²) in [4.78, 5) is 11.5. The van der Waals surface area contributed by atoms with Gasteiger partial charge in [0.25, 0.3) is 0 Å². The molecule has 14 heavy (non-hydrogen) atoms. The van der Waals surface area contributed by atoms with E-state index in [-0.39, 0.29) is 0 Å². The third-order valence-corrected chi connectivity index (χ3v) is 3.02. The lowest BCUT2D eigenvalue weighted by atomic mass is 10.2. The van der Waals surface area contributed by atoms with Crippen LogP contribution in [0.4, 0.5) is 0 Å². The van der Waals surface area contributed by atoms with Crippen LogP contribution in [0.5, 0.6) is 0 Å². The Kier molecular flexibility index (Phi) is 3.72. The van der Waals surface area contributed by atoms with Crippen LogP contribution in [0.15, 0.2) is 29.2 Å². The van der Waals surface area contributed by atoms with Crippen LogP contribution in [0.25, 0.3) is 0 Å². The average molecular weight is 210 g/mol. The van der Waals surface area contributed by atoms with Gasteiger partial charge in [-0.2, -0.15) is 0 Å². The summed E-state index contributed by atoms with van der Waals surface area (Å²) in [6.07, 6.45) is 0.828. The van der Waals surface area contributed by atoms with Crippen molar-refractivity contribution in [2.45, 2.75) is 24.3 Å². The number of carbonyl (C=O) groups is 1. The molecule has 0 aliphatic rings. The Bertz CT molecular complexity index is 315. The van der Waals surface area contributed by atoms with Gasteiger partial charge in [0.15, 0.2) is 0 Å². The Morgan fingerprint density at radius 1 is 1.50 bits per heavy atom. The summed E-state index contributed by atoms with van der Waals surface area (Å²) in [6.45, 7) is 3.53. The van der Waals surface area contributed by atoms with Gasteiger partial charge < -0.3 is 5.11 Å². The summed E-state index contributed by atoms with van der Waals surface area (Å²) >= 11 is 1.55. The van der Waals surface area contributed by atoms with Gasteiger partial charge in [0.1, 0.15) is 6.29 Å². The average Bonchev–Trinajstić information content (AvgIpc) is 2.14. The molecule has 0 fully saturated rings. The normalized spacial score (nSPS) is 11.4. The van der Waals surface area contributed by atoms with E-state index in [1.54, 1.807) is 31.7 Å². The molecule has 1 aromatic carbocycles. The maximum atomic E-state index is 10.5. The zero-order valence-electron chi connectivity index (χ0n) is 8.36.